The molecule has 1 N–H and O–H groups in total. The van der Waals surface area contributed by atoms with Gasteiger partial charge in [0, 0.05) is 27.5 Å². The summed E-state index contributed by atoms with van der Waals surface area (Å²) in [7, 11) is -3.58. The van der Waals surface area contributed by atoms with Gasteiger partial charge in [-0.1, -0.05) is 6.07 Å². The topological polar surface area (TPSA) is 59.1 Å². The first-order chi connectivity index (χ1) is 10.1. The predicted molar refractivity (Wildman–Crippen MR) is 87.8 cm³/mol. The number of nitrogens with zero attached hydrogens (tertiary/aromatic N) is 1. The van der Waals surface area contributed by atoms with E-state index in [0.29, 0.717) is 10.9 Å². The first-order valence-electron chi connectivity index (χ1n) is 6.13. The van der Waals surface area contributed by atoms with Crippen molar-refractivity contribution in [1.82, 2.24) is 9.71 Å². The Hall–Kier alpha value is -1.28. The van der Waals surface area contributed by atoms with Gasteiger partial charge >= 0.3 is 0 Å². The highest BCUT2D eigenvalue weighted by atomic mass is 79.9. The summed E-state index contributed by atoms with van der Waals surface area (Å²) in [6.45, 7) is 0.261. The van der Waals surface area contributed by atoms with Gasteiger partial charge in [0.1, 0.15) is 0 Å². The molecule has 0 saturated carbocycles. The quantitative estimate of drug-likeness (QED) is 0.750. The van der Waals surface area contributed by atoms with Crippen LogP contribution in [-0.2, 0) is 16.6 Å². The van der Waals surface area contributed by atoms with E-state index in [-0.39, 0.29) is 11.4 Å². The second-order valence-corrected chi connectivity index (χ2v) is 7.93. The molecule has 4 nitrogen and oxygen atoms in total. The zero-order valence-electron chi connectivity index (χ0n) is 10.8. The molecule has 0 fully saturated rings. The van der Waals surface area contributed by atoms with E-state index in [4.69, 9.17) is 0 Å². The van der Waals surface area contributed by atoms with Gasteiger partial charge in [0.05, 0.1) is 10.4 Å². The van der Waals surface area contributed by atoms with Crippen molar-refractivity contribution in [3.05, 3.63) is 57.3 Å². The Kier molecular flexibility index (Phi) is 4.08. The molecule has 0 atom stereocenters. The van der Waals surface area contributed by atoms with Crippen LogP contribution in [0.2, 0.25) is 0 Å². The summed E-state index contributed by atoms with van der Waals surface area (Å²) >= 11 is 4.90. The van der Waals surface area contributed by atoms with Gasteiger partial charge in [0.15, 0.2) is 0 Å². The van der Waals surface area contributed by atoms with Crippen LogP contribution in [0, 0.1) is 0 Å². The summed E-state index contributed by atoms with van der Waals surface area (Å²) in [5, 5.41) is 2.54. The maximum atomic E-state index is 12.5. The number of sulfonamides is 1. The average molecular weight is 383 g/mol. The number of pyridine rings is 1. The Morgan fingerprint density at radius 3 is 2.81 bits per heavy atom. The highest BCUT2D eigenvalue weighted by Gasteiger charge is 2.17. The Morgan fingerprint density at radius 1 is 1.19 bits per heavy atom. The summed E-state index contributed by atoms with van der Waals surface area (Å²) in [5.41, 5.74) is 0.665. The smallest absolute Gasteiger partial charge is 0.241 e. The van der Waals surface area contributed by atoms with Crippen molar-refractivity contribution in [1.29, 1.82) is 0 Å². The van der Waals surface area contributed by atoms with E-state index in [1.54, 1.807) is 36.5 Å². The Labute approximate surface area is 135 Å². The molecule has 2 heterocycles. The molecule has 0 saturated heterocycles. The lowest BCUT2D eigenvalue weighted by atomic mass is 10.2. The molecular weight excluding hydrogens is 372 g/mol. The fourth-order valence-electron chi connectivity index (χ4n) is 2.00. The van der Waals surface area contributed by atoms with Gasteiger partial charge in [0.2, 0.25) is 10.0 Å². The summed E-state index contributed by atoms with van der Waals surface area (Å²) in [6, 6.07) is 10.5. The summed E-state index contributed by atoms with van der Waals surface area (Å²) in [6.07, 6.45) is 1.65. The molecule has 7 heteroatoms. The molecular formula is C14H11BrN2O2S2. The number of hydrogen-bond donors (Lipinski definition) is 1. The fraction of sp³-hybridized carbons (Fsp3) is 0.0714. The minimum Gasteiger partial charge on any atom is -0.256 e. The van der Waals surface area contributed by atoms with Crippen LogP contribution in [0.1, 0.15) is 4.88 Å². The fourth-order valence-corrected chi connectivity index (χ4v) is 4.73. The third kappa shape index (κ3) is 3.01. The van der Waals surface area contributed by atoms with Crippen LogP contribution in [0.25, 0.3) is 10.9 Å². The second kappa shape index (κ2) is 5.84. The molecule has 3 rings (SSSR count). The van der Waals surface area contributed by atoms with Crippen molar-refractivity contribution in [3.8, 4) is 0 Å². The minimum atomic E-state index is -3.58. The van der Waals surface area contributed by atoms with Crippen LogP contribution in [0.5, 0.6) is 0 Å². The van der Waals surface area contributed by atoms with E-state index in [0.717, 1.165) is 9.35 Å². The number of hydrogen-bond acceptors (Lipinski definition) is 4. The van der Waals surface area contributed by atoms with E-state index >= 15 is 0 Å². The van der Waals surface area contributed by atoms with Gasteiger partial charge in [-0.05, 0) is 51.6 Å². The Balaban J connectivity index is 1.95. The number of benzene rings is 1. The van der Waals surface area contributed by atoms with Crippen molar-refractivity contribution < 1.29 is 8.42 Å². The van der Waals surface area contributed by atoms with Crippen LogP contribution < -0.4 is 4.72 Å². The zero-order valence-corrected chi connectivity index (χ0v) is 14.0. The lowest BCUT2D eigenvalue weighted by Crippen LogP contribution is -2.23. The third-order valence-electron chi connectivity index (χ3n) is 3.01. The molecule has 0 radical (unpaired) electrons. The summed E-state index contributed by atoms with van der Waals surface area (Å²) in [5.74, 6) is 0. The van der Waals surface area contributed by atoms with Crippen molar-refractivity contribution in [3.63, 3.8) is 0 Å². The molecule has 1 aromatic carbocycles. The number of thiophene rings is 1. The van der Waals surface area contributed by atoms with E-state index in [1.807, 2.05) is 11.4 Å². The van der Waals surface area contributed by atoms with Crippen molar-refractivity contribution in [2.45, 2.75) is 11.4 Å². The van der Waals surface area contributed by atoms with Gasteiger partial charge < -0.3 is 0 Å². The monoisotopic (exact) mass is 382 g/mol. The number of rotatable bonds is 4. The lowest BCUT2D eigenvalue weighted by Gasteiger charge is -2.08. The highest BCUT2D eigenvalue weighted by molar-refractivity contribution is 9.10. The van der Waals surface area contributed by atoms with Gasteiger partial charge in [-0.2, -0.15) is 0 Å². The molecule has 2 aromatic heterocycles. The number of aromatic nitrogens is 1. The van der Waals surface area contributed by atoms with Gasteiger partial charge in [0.25, 0.3) is 0 Å². The van der Waals surface area contributed by atoms with E-state index in [9.17, 15) is 8.42 Å². The highest BCUT2D eigenvalue weighted by Crippen LogP contribution is 2.24. The van der Waals surface area contributed by atoms with Crippen LogP contribution >= 0.6 is 27.3 Å². The lowest BCUT2D eigenvalue weighted by molar-refractivity contribution is 0.582. The summed E-state index contributed by atoms with van der Waals surface area (Å²) < 4.78 is 28.6. The van der Waals surface area contributed by atoms with Crippen LogP contribution in [0.4, 0.5) is 0 Å². The van der Waals surface area contributed by atoms with Gasteiger partial charge in [-0.15, -0.1) is 11.3 Å². The van der Waals surface area contributed by atoms with Crippen LogP contribution in [0.15, 0.2) is 57.3 Å². The molecule has 0 bridgehead atoms. The maximum absolute atomic E-state index is 12.5. The molecule has 0 aliphatic carbocycles. The predicted octanol–water partition coefficient (Wildman–Crippen LogP) is 3.54. The number of nitrogens with one attached hydrogen (secondary N) is 1. The first kappa shape index (κ1) is 14.6. The number of halogens is 1. The Bertz CT molecular complexity index is 885. The third-order valence-corrected chi connectivity index (χ3v) is 6.39. The SMILES string of the molecule is O=S(=O)(NCc1sccc1Br)c1cccc2ncccc12. The van der Waals surface area contributed by atoms with Crippen LogP contribution in [-0.4, -0.2) is 13.4 Å². The maximum Gasteiger partial charge on any atom is 0.241 e. The molecule has 108 valence electrons. The summed E-state index contributed by atoms with van der Waals surface area (Å²) in [4.78, 5) is 5.37. The van der Waals surface area contributed by atoms with Crippen molar-refractivity contribution >= 4 is 48.2 Å². The largest absolute Gasteiger partial charge is 0.256 e. The van der Waals surface area contributed by atoms with E-state index in [2.05, 4.69) is 25.6 Å². The first-order valence-corrected chi connectivity index (χ1v) is 9.29. The molecule has 0 aliphatic rings. The standard InChI is InChI=1S/C14H11BrN2O2S2/c15-11-6-8-20-13(11)9-17-21(18,19)14-5-1-4-12-10(14)3-2-7-16-12/h1-8,17H,9H2. The van der Waals surface area contributed by atoms with Crippen LogP contribution in [0.3, 0.4) is 0 Å². The number of fused-ring (bicyclic) bond motifs is 1. The van der Waals surface area contributed by atoms with Crippen molar-refractivity contribution in [2.24, 2.45) is 0 Å². The van der Waals surface area contributed by atoms with E-state index < -0.39 is 10.0 Å². The molecule has 0 amide bonds. The van der Waals surface area contributed by atoms with Gasteiger partial charge in [-0.25, -0.2) is 13.1 Å². The van der Waals surface area contributed by atoms with Gasteiger partial charge in [-0.3, -0.25) is 4.98 Å². The minimum absolute atomic E-state index is 0.251. The van der Waals surface area contributed by atoms with Crippen molar-refractivity contribution in [2.75, 3.05) is 0 Å². The molecule has 0 aliphatic heterocycles. The molecule has 0 spiro atoms. The zero-order chi connectivity index (χ0) is 14.9. The molecule has 0 unspecified atom stereocenters. The van der Waals surface area contributed by atoms with E-state index in [1.165, 1.54) is 11.3 Å². The Morgan fingerprint density at radius 2 is 2.05 bits per heavy atom. The molecule has 21 heavy (non-hydrogen) atoms. The average Bonchev–Trinajstić information content (AvgIpc) is 2.90. The normalized spacial score (nSPS) is 11.9. The second-order valence-electron chi connectivity index (χ2n) is 4.34. The molecule has 3 aromatic rings.